The molecule has 0 radical (unpaired) electrons. The van der Waals surface area contributed by atoms with Crippen LogP contribution in [-0.2, 0) is 12.3 Å². The monoisotopic (exact) mass is 275 g/mol. The van der Waals surface area contributed by atoms with E-state index in [2.05, 4.69) is 30.0 Å². The summed E-state index contributed by atoms with van der Waals surface area (Å²) in [4.78, 5) is 2.17. The van der Waals surface area contributed by atoms with Crippen LogP contribution >= 0.6 is 11.6 Å². The minimum Gasteiger partial charge on any atom is -0.341 e. The molecule has 0 unspecified atom stereocenters. The van der Waals surface area contributed by atoms with Gasteiger partial charge in [-0.15, -0.1) is 11.6 Å². The quantitative estimate of drug-likeness (QED) is 0.726. The van der Waals surface area contributed by atoms with E-state index in [1.54, 1.807) is 6.07 Å². The second-order valence-electron chi connectivity index (χ2n) is 4.92. The fourth-order valence-electron chi connectivity index (χ4n) is 2.62. The summed E-state index contributed by atoms with van der Waals surface area (Å²) in [5.74, 6) is 0.344. The SMILES string of the molecule is Cc1cc(N2CCc3ccc(F)cc32)ccc1CCl. The van der Waals surface area contributed by atoms with Crippen LogP contribution in [0, 0.1) is 12.7 Å². The fraction of sp³-hybridized carbons (Fsp3) is 0.250. The smallest absolute Gasteiger partial charge is 0.125 e. The molecular weight excluding hydrogens is 261 g/mol. The number of nitrogens with zero attached hydrogens (tertiary/aromatic N) is 1. The Morgan fingerprint density at radius 3 is 2.79 bits per heavy atom. The van der Waals surface area contributed by atoms with Crippen molar-refractivity contribution in [3.05, 3.63) is 58.9 Å². The molecule has 1 aliphatic heterocycles. The van der Waals surface area contributed by atoms with Crippen molar-refractivity contribution in [2.24, 2.45) is 0 Å². The summed E-state index contributed by atoms with van der Waals surface area (Å²) in [7, 11) is 0. The van der Waals surface area contributed by atoms with E-state index in [1.165, 1.54) is 17.2 Å². The van der Waals surface area contributed by atoms with Gasteiger partial charge in [-0.2, -0.15) is 0 Å². The Kier molecular flexibility index (Phi) is 3.19. The molecule has 0 bridgehead atoms. The number of rotatable bonds is 2. The topological polar surface area (TPSA) is 3.24 Å². The third-order valence-electron chi connectivity index (χ3n) is 3.72. The Hall–Kier alpha value is -1.54. The molecule has 0 N–H and O–H groups in total. The third-order valence-corrected chi connectivity index (χ3v) is 4.01. The van der Waals surface area contributed by atoms with E-state index >= 15 is 0 Å². The molecule has 1 heterocycles. The molecule has 0 atom stereocenters. The van der Waals surface area contributed by atoms with Crippen LogP contribution in [0.5, 0.6) is 0 Å². The number of halogens is 2. The number of hydrogen-bond acceptors (Lipinski definition) is 1. The first-order valence-electron chi connectivity index (χ1n) is 6.40. The molecule has 3 heteroatoms. The fourth-order valence-corrected chi connectivity index (χ4v) is 2.92. The molecule has 1 aliphatic rings. The predicted octanol–water partition coefficient (Wildman–Crippen LogP) is 4.57. The highest BCUT2D eigenvalue weighted by Gasteiger charge is 2.21. The van der Waals surface area contributed by atoms with Gasteiger partial charge in [0.25, 0.3) is 0 Å². The zero-order chi connectivity index (χ0) is 13.4. The van der Waals surface area contributed by atoms with Crippen molar-refractivity contribution < 1.29 is 4.39 Å². The van der Waals surface area contributed by atoms with Crippen molar-refractivity contribution in [2.75, 3.05) is 11.4 Å². The highest BCUT2D eigenvalue weighted by Crippen LogP contribution is 2.35. The Morgan fingerprint density at radius 2 is 2.05 bits per heavy atom. The predicted molar refractivity (Wildman–Crippen MR) is 77.8 cm³/mol. The van der Waals surface area contributed by atoms with Crippen LogP contribution in [0.1, 0.15) is 16.7 Å². The molecular formula is C16H15ClFN. The van der Waals surface area contributed by atoms with Crippen molar-refractivity contribution >= 4 is 23.0 Å². The van der Waals surface area contributed by atoms with Gasteiger partial charge in [0, 0.05) is 23.8 Å². The van der Waals surface area contributed by atoms with Gasteiger partial charge in [0.1, 0.15) is 5.82 Å². The number of benzene rings is 2. The summed E-state index contributed by atoms with van der Waals surface area (Å²) in [6.07, 6.45) is 0.964. The largest absolute Gasteiger partial charge is 0.341 e. The Balaban J connectivity index is 2.01. The van der Waals surface area contributed by atoms with Crippen molar-refractivity contribution in [1.29, 1.82) is 0 Å². The van der Waals surface area contributed by atoms with E-state index in [4.69, 9.17) is 11.6 Å². The summed E-state index contributed by atoms with van der Waals surface area (Å²) < 4.78 is 13.4. The maximum Gasteiger partial charge on any atom is 0.125 e. The van der Waals surface area contributed by atoms with Gasteiger partial charge in [0.2, 0.25) is 0 Å². The van der Waals surface area contributed by atoms with E-state index in [0.29, 0.717) is 5.88 Å². The first-order chi connectivity index (χ1) is 9.19. The van der Waals surface area contributed by atoms with Gasteiger partial charge >= 0.3 is 0 Å². The van der Waals surface area contributed by atoms with E-state index < -0.39 is 0 Å². The first-order valence-corrected chi connectivity index (χ1v) is 6.94. The Labute approximate surface area is 117 Å². The molecule has 0 aromatic heterocycles. The lowest BCUT2D eigenvalue weighted by molar-refractivity contribution is 0.628. The number of anilines is 2. The van der Waals surface area contributed by atoms with E-state index in [-0.39, 0.29) is 5.82 Å². The number of hydrogen-bond donors (Lipinski definition) is 0. The van der Waals surface area contributed by atoms with E-state index in [1.807, 2.05) is 6.07 Å². The molecule has 2 aromatic rings. The Morgan fingerprint density at radius 1 is 1.21 bits per heavy atom. The van der Waals surface area contributed by atoms with Crippen LogP contribution in [-0.4, -0.2) is 6.54 Å². The highest BCUT2D eigenvalue weighted by atomic mass is 35.5. The molecule has 0 saturated carbocycles. The molecule has 19 heavy (non-hydrogen) atoms. The van der Waals surface area contributed by atoms with Gasteiger partial charge in [-0.1, -0.05) is 12.1 Å². The second-order valence-corrected chi connectivity index (χ2v) is 5.19. The maximum absolute atomic E-state index is 13.4. The summed E-state index contributed by atoms with van der Waals surface area (Å²) in [5, 5.41) is 0. The van der Waals surface area contributed by atoms with Crippen LogP contribution in [0.25, 0.3) is 0 Å². The Bertz CT molecular complexity index is 624. The summed E-state index contributed by atoms with van der Waals surface area (Å²) in [6.45, 7) is 2.96. The molecule has 98 valence electrons. The highest BCUT2D eigenvalue weighted by molar-refractivity contribution is 6.17. The van der Waals surface area contributed by atoms with Crippen LogP contribution in [0.4, 0.5) is 15.8 Å². The standard InChI is InChI=1S/C16H15ClFN/c1-11-8-15(5-3-13(11)10-17)19-7-6-12-2-4-14(18)9-16(12)19/h2-5,8-9H,6-7,10H2,1H3. The van der Waals surface area contributed by atoms with E-state index in [0.717, 1.165) is 29.9 Å². The lowest BCUT2D eigenvalue weighted by atomic mass is 10.1. The van der Waals surface area contributed by atoms with Gasteiger partial charge < -0.3 is 4.90 Å². The minimum absolute atomic E-state index is 0.181. The molecule has 2 aromatic carbocycles. The zero-order valence-corrected chi connectivity index (χ0v) is 11.5. The maximum atomic E-state index is 13.4. The molecule has 0 fully saturated rings. The summed E-state index contributed by atoms with van der Waals surface area (Å²) in [6, 6.07) is 11.3. The molecule has 3 rings (SSSR count). The molecule has 0 amide bonds. The second kappa shape index (κ2) is 4.86. The van der Waals surface area contributed by atoms with Crippen molar-refractivity contribution in [2.45, 2.75) is 19.2 Å². The van der Waals surface area contributed by atoms with Gasteiger partial charge in [-0.25, -0.2) is 4.39 Å². The van der Waals surface area contributed by atoms with Gasteiger partial charge in [-0.05, 0) is 54.3 Å². The van der Waals surface area contributed by atoms with Gasteiger partial charge in [0.15, 0.2) is 0 Å². The number of fused-ring (bicyclic) bond motifs is 1. The van der Waals surface area contributed by atoms with Crippen LogP contribution < -0.4 is 4.90 Å². The molecule has 0 spiro atoms. The molecule has 1 nitrogen and oxygen atoms in total. The molecule has 0 aliphatic carbocycles. The number of aryl methyl sites for hydroxylation is 1. The van der Waals surface area contributed by atoms with E-state index in [9.17, 15) is 4.39 Å². The zero-order valence-electron chi connectivity index (χ0n) is 10.8. The van der Waals surface area contributed by atoms with Gasteiger partial charge in [-0.3, -0.25) is 0 Å². The average Bonchev–Trinajstić information content (AvgIpc) is 2.81. The molecule has 0 saturated heterocycles. The van der Waals surface area contributed by atoms with Crippen molar-refractivity contribution in [3.8, 4) is 0 Å². The van der Waals surface area contributed by atoms with Crippen LogP contribution in [0.15, 0.2) is 36.4 Å². The normalized spacial score (nSPS) is 13.7. The van der Waals surface area contributed by atoms with Crippen LogP contribution in [0.3, 0.4) is 0 Å². The van der Waals surface area contributed by atoms with Gasteiger partial charge in [0.05, 0.1) is 0 Å². The minimum atomic E-state index is -0.181. The lowest BCUT2D eigenvalue weighted by Crippen LogP contribution is -2.13. The lowest BCUT2D eigenvalue weighted by Gasteiger charge is -2.20. The summed E-state index contributed by atoms with van der Waals surface area (Å²) >= 11 is 5.88. The third kappa shape index (κ3) is 2.21. The average molecular weight is 276 g/mol. The summed E-state index contributed by atoms with van der Waals surface area (Å²) in [5.41, 5.74) is 5.62. The van der Waals surface area contributed by atoms with Crippen molar-refractivity contribution in [3.63, 3.8) is 0 Å². The first kappa shape index (κ1) is 12.5. The van der Waals surface area contributed by atoms with Crippen LogP contribution in [0.2, 0.25) is 0 Å². The number of alkyl halides is 1. The van der Waals surface area contributed by atoms with Crippen molar-refractivity contribution in [1.82, 2.24) is 0 Å².